The third-order valence-electron chi connectivity index (χ3n) is 7.62. The fourth-order valence-corrected chi connectivity index (χ4v) is 5.05. The standard InChI is InChI=1S/C34H38FN5O2/c1-38(2)28-11-5-24(6-12-28)22-36-32-15-10-27(35)21-31(32)34(41)40-19-17-30(18-20-40)42-33-16-9-26(23-37-33)25-7-13-29(14-8-25)39(3)4/h5-16,21,23,30,36H,17-20,22H2,1-4H3. The maximum atomic E-state index is 14.2. The Labute approximate surface area is 247 Å². The molecule has 7 nitrogen and oxygen atoms in total. The maximum absolute atomic E-state index is 14.2. The van der Waals surface area contributed by atoms with Crippen molar-refractivity contribution in [2.45, 2.75) is 25.5 Å². The van der Waals surface area contributed by atoms with Gasteiger partial charge in [-0.3, -0.25) is 4.79 Å². The Hall–Kier alpha value is -4.59. The maximum Gasteiger partial charge on any atom is 0.256 e. The SMILES string of the molecule is CN(C)c1ccc(CNc2ccc(F)cc2C(=O)N2CCC(Oc3ccc(-c4ccc(N(C)C)cc4)cn3)CC2)cc1. The number of carbonyl (C=O) groups excluding carboxylic acids is 1. The summed E-state index contributed by atoms with van der Waals surface area (Å²) in [7, 11) is 8.04. The molecule has 218 valence electrons. The Bertz CT molecular complexity index is 1480. The number of anilines is 3. The molecular formula is C34H38FN5O2. The lowest BCUT2D eigenvalue weighted by molar-refractivity contribution is 0.0588. The summed E-state index contributed by atoms with van der Waals surface area (Å²) in [6.07, 6.45) is 3.14. The van der Waals surface area contributed by atoms with Gasteiger partial charge in [0.25, 0.3) is 5.91 Å². The molecule has 1 fully saturated rings. The van der Waals surface area contributed by atoms with Crippen LogP contribution < -0.4 is 19.9 Å². The number of hydrogen-bond acceptors (Lipinski definition) is 6. The van der Waals surface area contributed by atoms with Crippen LogP contribution in [-0.4, -0.2) is 63.2 Å². The van der Waals surface area contributed by atoms with Gasteiger partial charge in [0.2, 0.25) is 5.88 Å². The number of rotatable bonds is 9. The molecule has 0 aliphatic carbocycles. The van der Waals surface area contributed by atoms with Crippen LogP contribution in [0, 0.1) is 5.82 Å². The molecule has 0 bridgehead atoms. The number of pyridine rings is 1. The van der Waals surface area contributed by atoms with Gasteiger partial charge in [-0.15, -0.1) is 0 Å². The minimum atomic E-state index is -0.430. The van der Waals surface area contributed by atoms with Crippen molar-refractivity contribution in [2.24, 2.45) is 0 Å². The smallest absolute Gasteiger partial charge is 0.256 e. The Balaban J connectivity index is 1.16. The first-order chi connectivity index (χ1) is 20.3. The van der Waals surface area contributed by atoms with Crippen molar-refractivity contribution < 1.29 is 13.9 Å². The molecule has 4 aromatic rings. The van der Waals surface area contributed by atoms with E-state index in [0.29, 0.717) is 49.6 Å². The third kappa shape index (κ3) is 7.00. The van der Waals surface area contributed by atoms with Crippen molar-refractivity contribution in [3.8, 4) is 17.0 Å². The minimum absolute atomic E-state index is 0.0398. The summed E-state index contributed by atoms with van der Waals surface area (Å²) in [6.45, 7) is 1.59. The molecule has 0 radical (unpaired) electrons. The fourth-order valence-electron chi connectivity index (χ4n) is 5.05. The molecule has 1 aliphatic rings. The third-order valence-corrected chi connectivity index (χ3v) is 7.62. The van der Waals surface area contributed by atoms with Crippen LogP contribution in [0.4, 0.5) is 21.5 Å². The summed E-state index contributed by atoms with van der Waals surface area (Å²) in [5.41, 5.74) is 6.42. The van der Waals surface area contributed by atoms with E-state index in [1.165, 1.54) is 12.1 Å². The van der Waals surface area contributed by atoms with Crippen molar-refractivity contribution in [3.05, 3.63) is 102 Å². The molecule has 5 rings (SSSR count). The second-order valence-electron chi connectivity index (χ2n) is 11.0. The van der Waals surface area contributed by atoms with Gasteiger partial charge < -0.3 is 24.8 Å². The van der Waals surface area contributed by atoms with Crippen molar-refractivity contribution in [3.63, 3.8) is 0 Å². The molecule has 1 aromatic heterocycles. The molecule has 1 saturated heterocycles. The molecule has 1 amide bonds. The first-order valence-electron chi connectivity index (χ1n) is 14.3. The van der Waals surface area contributed by atoms with E-state index in [1.807, 2.05) is 75.7 Å². The van der Waals surface area contributed by atoms with Gasteiger partial charge in [-0.05, 0) is 59.7 Å². The van der Waals surface area contributed by atoms with Gasteiger partial charge in [0.05, 0.1) is 5.56 Å². The summed E-state index contributed by atoms with van der Waals surface area (Å²) in [4.78, 5) is 23.9. The van der Waals surface area contributed by atoms with Crippen LogP contribution in [0.25, 0.3) is 11.1 Å². The summed E-state index contributed by atoms with van der Waals surface area (Å²) in [5, 5.41) is 3.33. The van der Waals surface area contributed by atoms with E-state index in [4.69, 9.17) is 4.74 Å². The number of ether oxygens (including phenoxy) is 1. The van der Waals surface area contributed by atoms with Gasteiger partial charge in [0.15, 0.2) is 0 Å². The molecular weight excluding hydrogens is 529 g/mol. The van der Waals surface area contributed by atoms with E-state index in [0.717, 1.165) is 28.1 Å². The van der Waals surface area contributed by atoms with Crippen LogP contribution >= 0.6 is 0 Å². The van der Waals surface area contributed by atoms with E-state index in [9.17, 15) is 9.18 Å². The predicted octanol–water partition coefficient (Wildman–Crippen LogP) is 6.32. The van der Waals surface area contributed by atoms with Gasteiger partial charge in [-0.25, -0.2) is 9.37 Å². The van der Waals surface area contributed by atoms with Gasteiger partial charge in [-0.1, -0.05) is 24.3 Å². The molecule has 0 unspecified atom stereocenters. The van der Waals surface area contributed by atoms with Crippen LogP contribution in [0.15, 0.2) is 85.1 Å². The first kappa shape index (κ1) is 28.9. The van der Waals surface area contributed by atoms with Crippen LogP contribution in [0.5, 0.6) is 5.88 Å². The summed E-state index contributed by atoms with van der Waals surface area (Å²) in [5.74, 6) is -0.0366. The zero-order valence-corrected chi connectivity index (χ0v) is 24.7. The predicted molar refractivity (Wildman–Crippen MR) is 168 cm³/mol. The Kier molecular flexibility index (Phi) is 8.91. The topological polar surface area (TPSA) is 60.9 Å². The molecule has 3 aromatic carbocycles. The lowest BCUT2D eigenvalue weighted by atomic mass is 10.0. The molecule has 0 atom stereocenters. The fraction of sp³-hybridized carbons (Fsp3) is 0.294. The van der Waals surface area contributed by atoms with Gasteiger partial charge in [0, 0.05) is 95.6 Å². The minimum Gasteiger partial charge on any atom is -0.474 e. The molecule has 8 heteroatoms. The number of hydrogen-bond donors (Lipinski definition) is 1. The highest BCUT2D eigenvalue weighted by Crippen LogP contribution is 2.26. The van der Waals surface area contributed by atoms with Gasteiger partial charge in [0.1, 0.15) is 11.9 Å². The van der Waals surface area contributed by atoms with E-state index < -0.39 is 5.82 Å². The second kappa shape index (κ2) is 12.9. The largest absolute Gasteiger partial charge is 0.474 e. The normalized spacial score (nSPS) is 13.5. The van der Waals surface area contributed by atoms with Gasteiger partial charge >= 0.3 is 0 Å². The number of likely N-dealkylation sites (tertiary alicyclic amines) is 1. The van der Waals surface area contributed by atoms with E-state index >= 15 is 0 Å². The van der Waals surface area contributed by atoms with Crippen molar-refractivity contribution in [2.75, 3.05) is 56.4 Å². The van der Waals surface area contributed by atoms with E-state index in [1.54, 1.807) is 11.0 Å². The highest BCUT2D eigenvalue weighted by atomic mass is 19.1. The summed E-state index contributed by atoms with van der Waals surface area (Å²) < 4.78 is 20.4. The number of benzene rings is 3. The van der Waals surface area contributed by atoms with Crippen LogP contribution in [0.3, 0.4) is 0 Å². The summed E-state index contributed by atoms with van der Waals surface area (Å²) >= 11 is 0. The quantitative estimate of drug-likeness (QED) is 0.256. The van der Waals surface area contributed by atoms with Crippen molar-refractivity contribution >= 4 is 23.0 Å². The second-order valence-corrected chi connectivity index (χ2v) is 11.0. The van der Waals surface area contributed by atoms with Crippen molar-refractivity contribution in [1.82, 2.24) is 9.88 Å². The number of carbonyl (C=O) groups is 1. The number of nitrogens with zero attached hydrogens (tertiary/aromatic N) is 4. The monoisotopic (exact) mass is 567 g/mol. The average Bonchev–Trinajstić information content (AvgIpc) is 3.01. The highest BCUT2D eigenvalue weighted by molar-refractivity contribution is 5.99. The number of nitrogens with one attached hydrogen (secondary N) is 1. The van der Waals surface area contributed by atoms with Crippen LogP contribution in [0.1, 0.15) is 28.8 Å². The number of piperidine rings is 1. The zero-order chi connectivity index (χ0) is 29.6. The van der Waals surface area contributed by atoms with Gasteiger partial charge in [-0.2, -0.15) is 0 Å². The molecule has 1 N–H and O–H groups in total. The number of halogens is 1. The molecule has 0 saturated carbocycles. The lowest BCUT2D eigenvalue weighted by Crippen LogP contribution is -2.42. The zero-order valence-electron chi connectivity index (χ0n) is 24.7. The number of aromatic nitrogens is 1. The Morgan fingerprint density at radius 1 is 0.881 bits per heavy atom. The Morgan fingerprint density at radius 3 is 2.10 bits per heavy atom. The summed E-state index contributed by atoms with van der Waals surface area (Å²) in [6, 6.07) is 24.8. The molecule has 0 spiro atoms. The highest BCUT2D eigenvalue weighted by Gasteiger charge is 2.26. The van der Waals surface area contributed by atoms with E-state index in [2.05, 4.69) is 39.5 Å². The van der Waals surface area contributed by atoms with Crippen molar-refractivity contribution in [1.29, 1.82) is 0 Å². The van der Waals surface area contributed by atoms with E-state index in [-0.39, 0.29) is 12.0 Å². The number of amides is 1. The van der Waals surface area contributed by atoms with Crippen LogP contribution in [0.2, 0.25) is 0 Å². The van der Waals surface area contributed by atoms with Crippen LogP contribution in [-0.2, 0) is 6.54 Å². The average molecular weight is 568 g/mol. The lowest BCUT2D eigenvalue weighted by Gasteiger charge is -2.32. The molecule has 42 heavy (non-hydrogen) atoms. The first-order valence-corrected chi connectivity index (χ1v) is 14.3. The molecule has 2 heterocycles. The Morgan fingerprint density at radius 2 is 1.50 bits per heavy atom. The molecule has 1 aliphatic heterocycles.